The van der Waals surface area contributed by atoms with E-state index in [9.17, 15) is 23.4 Å². The van der Waals surface area contributed by atoms with Crippen LogP contribution < -0.4 is 11.3 Å². The summed E-state index contributed by atoms with van der Waals surface area (Å²) >= 11 is 0. The number of nitrogens with zero attached hydrogens (tertiary/aromatic N) is 3. The zero-order chi connectivity index (χ0) is 22.0. The van der Waals surface area contributed by atoms with E-state index >= 15 is 0 Å². The summed E-state index contributed by atoms with van der Waals surface area (Å²) in [6.07, 6.45) is -0.291. The third-order valence-electron chi connectivity index (χ3n) is 3.26. The van der Waals surface area contributed by atoms with Gasteiger partial charge in [-0.2, -0.15) is 9.29 Å². The first-order valence-electron chi connectivity index (χ1n) is 7.66. The van der Waals surface area contributed by atoms with E-state index in [0.29, 0.717) is 0 Å². The first-order chi connectivity index (χ1) is 13.2. The van der Waals surface area contributed by atoms with Gasteiger partial charge < -0.3 is 34.6 Å². The molecule has 0 amide bonds. The monoisotopic (exact) mass is 477 g/mol. The summed E-state index contributed by atoms with van der Waals surface area (Å²) in [5.74, 6) is -0.143. The van der Waals surface area contributed by atoms with Gasteiger partial charge in [0, 0.05) is 0 Å². The van der Waals surface area contributed by atoms with E-state index in [1.54, 1.807) is 6.92 Å². The number of aromatic nitrogens is 4. The lowest BCUT2D eigenvalue weighted by atomic mass is 10.3. The summed E-state index contributed by atoms with van der Waals surface area (Å²) in [5, 5.41) is 0. The molecule has 7 N–H and O–H groups in total. The number of aromatic amines is 1. The number of anilines is 1. The van der Waals surface area contributed by atoms with Crippen LogP contribution in [-0.4, -0.2) is 51.5 Å². The molecule has 0 fully saturated rings. The summed E-state index contributed by atoms with van der Waals surface area (Å²) in [5.41, 5.74) is 5.09. The predicted molar refractivity (Wildman–Crippen MR) is 96.5 cm³/mol. The molecule has 0 aromatic carbocycles. The lowest BCUT2D eigenvalue weighted by Gasteiger charge is -2.20. The van der Waals surface area contributed by atoms with Gasteiger partial charge in [0.05, 0.1) is 19.0 Å². The molecule has 0 bridgehead atoms. The van der Waals surface area contributed by atoms with Crippen LogP contribution in [0.1, 0.15) is 13.3 Å². The minimum atomic E-state index is -5.54. The van der Waals surface area contributed by atoms with Crippen LogP contribution in [0.3, 0.4) is 0 Å². The number of nitrogens with two attached hydrogens (primary N) is 1. The summed E-state index contributed by atoms with van der Waals surface area (Å²) in [6, 6.07) is 0. The Balaban J connectivity index is 2.07. The number of imidazole rings is 1. The lowest BCUT2D eigenvalue weighted by Crippen LogP contribution is -2.21. The summed E-state index contributed by atoms with van der Waals surface area (Å²) in [6.45, 7) is 1.67. The molecule has 164 valence electrons. The van der Waals surface area contributed by atoms with Gasteiger partial charge in [-0.3, -0.25) is 14.3 Å². The highest BCUT2D eigenvalue weighted by atomic mass is 31.3. The SMILES string of the molecule is CC[C@H](Cn1cnc2c(=O)[nH]c(N)nc21)OCP(=O)(O)OP(=O)(O)OP(=O)(O)O. The van der Waals surface area contributed by atoms with Gasteiger partial charge in [0.2, 0.25) is 5.95 Å². The van der Waals surface area contributed by atoms with Gasteiger partial charge in [-0.25, -0.2) is 18.4 Å². The number of rotatable bonds is 10. The molecular formula is C10H18N5O11P3. The Kier molecular flexibility index (Phi) is 7.18. The number of fused-ring (bicyclic) bond motifs is 1. The van der Waals surface area contributed by atoms with Crippen LogP contribution in [0.5, 0.6) is 0 Å². The summed E-state index contributed by atoms with van der Waals surface area (Å²) in [7, 11) is -15.9. The molecule has 2 unspecified atom stereocenters. The topological polar surface area (TPSA) is 249 Å². The second-order valence-corrected chi connectivity index (χ2v) is 10.4. The fraction of sp³-hybridized carbons (Fsp3) is 0.500. The summed E-state index contributed by atoms with van der Waals surface area (Å²) in [4.78, 5) is 57.7. The van der Waals surface area contributed by atoms with Gasteiger partial charge in [0.1, 0.15) is 6.35 Å². The molecule has 0 aliphatic rings. The largest absolute Gasteiger partial charge is 0.488 e. The number of H-pyrrole nitrogens is 1. The minimum absolute atomic E-state index is 0.0126. The Morgan fingerprint density at radius 2 is 1.90 bits per heavy atom. The Morgan fingerprint density at radius 1 is 1.24 bits per heavy atom. The third kappa shape index (κ3) is 7.08. The van der Waals surface area contributed by atoms with Gasteiger partial charge in [0.15, 0.2) is 11.2 Å². The second-order valence-electron chi connectivity index (χ2n) is 5.61. The number of hydrogen-bond acceptors (Lipinski definition) is 10. The average Bonchev–Trinajstić information content (AvgIpc) is 2.90. The molecule has 2 aromatic heterocycles. The molecule has 0 saturated heterocycles. The second kappa shape index (κ2) is 8.74. The van der Waals surface area contributed by atoms with Gasteiger partial charge in [-0.1, -0.05) is 6.92 Å². The maximum absolute atomic E-state index is 11.9. The van der Waals surface area contributed by atoms with Crippen LogP contribution in [0.2, 0.25) is 0 Å². The van der Waals surface area contributed by atoms with E-state index in [4.69, 9.17) is 25.2 Å². The molecular weight excluding hydrogens is 459 g/mol. The molecule has 19 heteroatoms. The molecule has 2 aromatic rings. The third-order valence-corrected chi connectivity index (χ3v) is 7.26. The van der Waals surface area contributed by atoms with Crippen molar-refractivity contribution in [2.24, 2.45) is 0 Å². The average molecular weight is 477 g/mol. The van der Waals surface area contributed by atoms with Crippen molar-refractivity contribution in [2.45, 2.75) is 26.0 Å². The Labute approximate surface area is 162 Å². The zero-order valence-corrected chi connectivity index (χ0v) is 17.4. The van der Waals surface area contributed by atoms with Crippen molar-refractivity contribution in [3.8, 4) is 0 Å². The maximum Gasteiger partial charge on any atom is 0.488 e. The van der Waals surface area contributed by atoms with Crippen molar-refractivity contribution in [3.05, 3.63) is 16.7 Å². The van der Waals surface area contributed by atoms with Crippen LogP contribution in [-0.2, 0) is 33.6 Å². The molecule has 0 spiro atoms. The molecule has 2 heterocycles. The molecule has 0 aliphatic heterocycles. The van der Waals surface area contributed by atoms with Crippen LogP contribution >= 0.6 is 23.2 Å². The quantitative estimate of drug-likeness (QED) is 0.244. The molecule has 29 heavy (non-hydrogen) atoms. The fourth-order valence-electron chi connectivity index (χ4n) is 2.16. The van der Waals surface area contributed by atoms with Gasteiger partial charge in [0.25, 0.3) is 5.56 Å². The van der Waals surface area contributed by atoms with E-state index in [-0.39, 0.29) is 30.1 Å². The van der Waals surface area contributed by atoms with Crippen molar-refractivity contribution in [3.63, 3.8) is 0 Å². The first-order valence-corrected chi connectivity index (χ1v) is 12.5. The number of nitrogen functional groups attached to an aromatic ring is 1. The van der Waals surface area contributed by atoms with Gasteiger partial charge in [-0.05, 0) is 6.42 Å². The molecule has 2 rings (SSSR count). The van der Waals surface area contributed by atoms with Crippen LogP contribution in [0.15, 0.2) is 11.1 Å². The molecule has 0 saturated carbocycles. The lowest BCUT2D eigenvalue weighted by molar-refractivity contribution is 0.0598. The van der Waals surface area contributed by atoms with Crippen LogP contribution in [0.25, 0.3) is 11.2 Å². The predicted octanol–water partition coefficient (Wildman–Crippen LogP) is -0.134. The van der Waals surface area contributed by atoms with E-state index in [2.05, 4.69) is 23.6 Å². The zero-order valence-electron chi connectivity index (χ0n) is 14.7. The molecule has 3 atom stereocenters. The molecule has 0 radical (unpaired) electrons. The number of hydrogen-bond donors (Lipinski definition) is 6. The summed E-state index contributed by atoms with van der Waals surface area (Å²) < 4.78 is 47.9. The van der Waals surface area contributed by atoms with Crippen LogP contribution in [0.4, 0.5) is 5.95 Å². The van der Waals surface area contributed by atoms with Crippen molar-refractivity contribution in [1.82, 2.24) is 19.5 Å². The van der Waals surface area contributed by atoms with Gasteiger partial charge >= 0.3 is 23.2 Å². The Bertz CT molecular complexity index is 1080. The highest BCUT2D eigenvalue weighted by Crippen LogP contribution is 2.65. The highest BCUT2D eigenvalue weighted by Gasteiger charge is 2.40. The van der Waals surface area contributed by atoms with Crippen molar-refractivity contribution in [2.75, 3.05) is 12.1 Å². The first kappa shape index (κ1) is 23.8. The van der Waals surface area contributed by atoms with Crippen molar-refractivity contribution < 1.29 is 46.6 Å². The number of phosphoric acid groups is 2. The van der Waals surface area contributed by atoms with Gasteiger partial charge in [-0.15, -0.1) is 0 Å². The number of ether oxygens (including phenoxy) is 1. The molecule has 0 aliphatic carbocycles. The maximum atomic E-state index is 11.9. The smallest absolute Gasteiger partial charge is 0.369 e. The Morgan fingerprint density at radius 3 is 2.48 bits per heavy atom. The minimum Gasteiger partial charge on any atom is -0.369 e. The fourth-order valence-corrected chi connectivity index (χ4v) is 5.50. The van der Waals surface area contributed by atoms with E-state index in [1.807, 2.05) is 0 Å². The number of nitrogens with one attached hydrogen (secondary N) is 1. The highest BCUT2D eigenvalue weighted by molar-refractivity contribution is 7.68. The van der Waals surface area contributed by atoms with Crippen molar-refractivity contribution >= 4 is 40.4 Å². The van der Waals surface area contributed by atoms with Crippen molar-refractivity contribution in [1.29, 1.82) is 0 Å². The Hall–Kier alpha value is -1.44. The molecule has 16 nitrogen and oxygen atoms in total. The van der Waals surface area contributed by atoms with E-state index < -0.39 is 41.3 Å². The standard InChI is InChI=1S/C10H18N5O11P3/c1-2-6(3-15-4-12-7-8(15)13-10(11)14-9(7)16)24-5-27(17,18)25-29(22,23)26-28(19,20)21/h4,6H,2-3,5H2,1H3,(H,17,18)(H,22,23)(H2,19,20,21)(H3,11,13,14,16)/t6-/m1/s1. The van der Waals surface area contributed by atoms with E-state index in [0.717, 1.165) is 0 Å². The van der Waals surface area contributed by atoms with Crippen LogP contribution in [0, 0.1) is 0 Å². The van der Waals surface area contributed by atoms with E-state index in [1.165, 1.54) is 10.9 Å². The normalized spacial score (nSPS) is 17.7.